The zero-order valence-electron chi connectivity index (χ0n) is 16.8. The first-order valence-electron chi connectivity index (χ1n) is 9.19. The van der Waals surface area contributed by atoms with Crippen LogP contribution in [0.5, 0.6) is 5.75 Å². The molecule has 26 heavy (non-hydrogen) atoms. The van der Waals surface area contributed by atoms with Gasteiger partial charge in [-0.25, -0.2) is 4.79 Å². The second kappa shape index (κ2) is 19.0. The van der Waals surface area contributed by atoms with Crippen LogP contribution in [0.3, 0.4) is 0 Å². The molecular weight excluding hydrogens is 332 g/mol. The highest BCUT2D eigenvalue weighted by atomic mass is 16.5. The molecule has 1 rings (SSSR count). The van der Waals surface area contributed by atoms with Crippen molar-refractivity contribution in [2.75, 3.05) is 13.2 Å². The van der Waals surface area contributed by atoms with Gasteiger partial charge in [0.05, 0.1) is 18.8 Å². The number of hydrogen-bond acceptors (Lipinski definition) is 5. The molecule has 1 aromatic rings. The van der Waals surface area contributed by atoms with E-state index in [0.29, 0.717) is 25.2 Å². The zero-order valence-corrected chi connectivity index (χ0v) is 16.8. The van der Waals surface area contributed by atoms with Gasteiger partial charge in [-0.2, -0.15) is 0 Å². The maximum Gasteiger partial charge on any atom is 0.338 e. The molecule has 0 aliphatic rings. The lowest BCUT2D eigenvalue weighted by Crippen LogP contribution is -2.05. The number of rotatable bonds is 7. The lowest BCUT2D eigenvalue weighted by molar-refractivity contribution is -0.143. The van der Waals surface area contributed by atoms with Crippen molar-refractivity contribution >= 4 is 11.9 Å². The average Bonchev–Trinajstić information content (AvgIpc) is 2.66. The second-order valence-corrected chi connectivity index (χ2v) is 5.23. The third-order valence-electron chi connectivity index (χ3n) is 2.77. The van der Waals surface area contributed by atoms with Gasteiger partial charge in [0.2, 0.25) is 0 Å². The predicted octanol–water partition coefficient (Wildman–Crippen LogP) is 5.28. The van der Waals surface area contributed by atoms with Crippen LogP contribution in [-0.4, -0.2) is 30.3 Å². The third-order valence-corrected chi connectivity index (χ3v) is 2.77. The van der Waals surface area contributed by atoms with Crippen LogP contribution in [0.2, 0.25) is 0 Å². The van der Waals surface area contributed by atoms with Crippen LogP contribution >= 0.6 is 0 Å². The molecule has 1 N–H and O–H groups in total. The normalized spacial score (nSPS) is 9.42. The molecule has 0 atom stereocenters. The molecule has 5 heteroatoms. The molecule has 0 aliphatic carbocycles. The van der Waals surface area contributed by atoms with Crippen LogP contribution in [0.4, 0.5) is 0 Å². The van der Waals surface area contributed by atoms with E-state index in [0.717, 1.165) is 19.3 Å². The van der Waals surface area contributed by atoms with Crippen LogP contribution in [0.25, 0.3) is 0 Å². The monoisotopic (exact) mass is 366 g/mol. The number of hydrogen-bond donors (Lipinski definition) is 1. The van der Waals surface area contributed by atoms with Gasteiger partial charge in [-0.1, -0.05) is 39.8 Å². The van der Waals surface area contributed by atoms with Crippen molar-refractivity contribution in [3.8, 4) is 5.75 Å². The van der Waals surface area contributed by atoms with Crippen molar-refractivity contribution in [1.82, 2.24) is 0 Å². The first kappa shape index (κ1) is 25.9. The molecule has 1 aromatic carbocycles. The minimum atomic E-state index is -0.346. The standard InChI is InChI=1S/C10H12O3.C6H12O2.C5H10/c1-2-7-13-10(12)8-3-5-9(11)6-4-8;1-3-5-8-6(7)4-2;1-3-5-4-2/h3-6,11H,2,7H2,1H3;3-5H2,1-2H3;3,5H,4H2,1-2H3. The summed E-state index contributed by atoms with van der Waals surface area (Å²) in [4.78, 5) is 21.6. The smallest absolute Gasteiger partial charge is 0.338 e. The van der Waals surface area contributed by atoms with E-state index in [1.807, 2.05) is 20.8 Å². The Bertz CT molecular complexity index is 492. The summed E-state index contributed by atoms with van der Waals surface area (Å²) in [6.07, 6.45) is 7.55. The van der Waals surface area contributed by atoms with Gasteiger partial charge in [-0.15, -0.1) is 0 Å². The Kier molecular flexibility index (Phi) is 19.0. The summed E-state index contributed by atoms with van der Waals surface area (Å²) in [5.74, 6) is -0.305. The fourth-order valence-electron chi connectivity index (χ4n) is 1.43. The SMILES string of the molecule is CC=CCC.CCCOC(=O)CC.CCCOC(=O)c1ccc(O)cc1. The van der Waals surface area contributed by atoms with Crippen LogP contribution in [-0.2, 0) is 14.3 Å². The Balaban J connectivity index is 0. The van der Waals surface area contributed by atoms with Crippen molar-refractivity contribution in [1.29, 1.82) is 0 Å². The Morgan fingerprint density at radius 2 is 1.50 bits per heavy atom. The van der Waals surface area contributed by atoms with Gasteiger partial charge >= 0.3 is 11.9 Å². The first-order valence-corrected chi connectivity index (χ1v) is 9.19. The Morgan fingerprint density at radius 1 is 0.962 bits per heavy atom. The summed E-state index contributed by atoms with van der Waals surface area (Å²) < 4.78 is 9.60. The molecule has 148 valence electrons. The van der Waals surface area contributed by atoms with E-state index in [2.05, 4.69) is 19.1 Å². The molecule has 0 unspecified atom stereocenters. The van der Waals surface area contributed by atoms with Gasteiger partial charge in [0.1, 0.15) is 5.75 Å². The largest absolute Gasteiger partial charge is 0.508 e. The highest BCUT2D eigenvalue weighted by Crippen LogP contribution is 2.10. The van der Waals surface area contributed by atoms with Gasteiger partial charge in [-0.05, 0) is 50.5 Å². The molecule has 0 amide bonds. The number of phenols is 1. The Hall–Kier alpha value is -2.30. The number of ether oxygens (including phenoxy) is 2. The fraction of sp³-hybridized carbons (Fsp3) is 0.524. The van der Waals surface area contributed by atoms with Crippen LogP contribution in [0.1, 0.15) is 70.7 Å². The van der Waals surface area contributed by atoms with Gasteiger partial charge in [0.25, 0.3) is 0 Å². The number of carbonyl (C=O) groups excluding carboxylic acids is 2. The van der Waals surface area contributed by atoms with E-state index in [4.69, 9.17) is 14.6 Å². The van der Waals surface area contributed by atoms with Crippen molar-refractivity contribution in [2.45, 2.75) is 60.3 Å². The predicted molar refractivity (Wildman–Crippen MR) is 105 cm³/mol. The molecule has 0 radical (unpaired) electrons. The second-order valence-electron chi connectivity index (χ2n) is 5.23. The maximum absolute atomic E-state index is 11.2. The summed E-state index contributed by atoms with van der Waals surface area (Å²) in [6.45, 7) is 10.8. The summed E-state index contributed by atoms with van der Waals surface area (Å²) in [7, 11) is 0. The van der Waals surface area contributed by atoms with Gasteiger partial charge in [-0.3, -0.25) is 4.79 Å². The van der Waals surface area contributed by atoms with Crippen molar-refractivity contribution < 1.29 is 24.2 Å². The lowest BCUT2D eigenvalue weighted by Gasteiger charge is -2.02. The number of carbonyl (C=O) groups is 2. The minimum Gasteiger partial charge on any atom is -0.508 e. The van der Waals surface area contributed by atoms with Crippen molar-refractivity contribution in [3.05, 3.63) is 42.0 Å². The summed E-state index contributed by atoms with van der Waals surface area (Å²) in [5, 5.41) is 8.96. The number of allylic oxidation sites excluding steroid dienone is 2. The summed E-state index contributed by atoms with van der Waals surface area (Å²) in [5.41, 5.74) is 0.464. The maximum atomic E-state index is 11.2. The number of benzene rings is 1. The lowest BCUT2D eigenvalue weighted by atomic mass is 10.2. The van der Waals surface area contributed by atoms with E-state index < -0.39 is 0 Å². The zero-order chi connectivity index (χ0) is 20.2. The summed E-state index contributed by atoms with van der Waals surface area (Å²) >= 11 is 0. The quantitative estimate of drug-likeness (QED) is 0.525. The molecule has 0 saturated heterocycles. The third kappa shape index (κ3) is 16.6. The van der Waals surface area contributed by atoms with E-state index >= 15 is 0 Å². The van der Waals surface area contributed by atoms with Gasteiger partial charge < -0.3 is 14.6 Å². The fourth-order valence-corrected chi connectivity index (χ4v) is 1.43. The molecule has 0 aliphatic heterocycles. The summed E-state index contributed by atoms with van der Waals surface area (Å²) in [6, 6.07) is 5.99. The average molecular weight is 366 g/mol. The molecule has 5 nitrogen and oxygen atoms in total. The molecule has 0 bridgehead atoms. The van der Waals surface area contributed by atoms with Crippen molar-refractivity contribution in [3.63, 3.8) is 0 Å². The van der Waals surface area contributed by atoms with Crippen LogP contribution in [0, 0.1) is 0 Å². The van der Waals surface area contributed by atoms with Gasteiger partial charge in [0, 0.05) is 6.42 Å². The van der Waals surface area contributed by atoms with Crippen molar-refractivity contribution in [2.24, 2.45) is 0 Å². The van der Waals surface area contributed by atoms with E-state index in [1.54, 1.807) is 6.92 Å². The first-order chi connectivity index (χ1) is 12.5. The minimum absolute atomic E-state index is 0.105. The van der Waals surface area contributed by atoms with E-state index in [1.165, 1.54) is 24.3 Å². The highest BCUT2D eigenvalue weighted by Gasteiger charge is 2.05. The van der Waals surface area contributed by atoms with Crippen LogP contribution in [0.15, 0.2) is 36.4 Å². The number of phenolic OH excluding ortho intramolecular Hbond substituents is 1. The van der Waals surface area contributed by atoms with Gasteiger partial charge in [0.15, 0.2) is 0 Å². The molecule has 0 aromatic heterocycles. The number of esters is 2. The van der Waals surface area contributed by atoms with Crippen LogP contribution < -0.4 is 0 Å². The van der Waals surface area contributed by atoms with E-state index in [9.17, 15) is 9.59 Å². The topological polar surface area (TPSA) is 72.8 Å². The molecule has 0 fully saturated rings. The molecule has 0 saturated carbocycles. The highest BCUT2D eigenvalue weighted by molar-refractivity contribution is 5.89. The Labute approximate surface area is 158 Å². The molecule has 0 spiro atoms. The number of aromatic hydroxyl groups is 1. The molecule has 0 heterocycles. The van der Waals surface area contributed by atoms with E-state index in [-0.39, 0.29) is 17.7 Å². The molecular formula is C21H34O5. The Morgan fingerprint density at radius 3 is 1.88 bits per heavy atom.